The quantitative estimate of drug-likeness (QED) is 0.839. The first-order valence-corrected chi connectivity index (χ1v) is 9.65. The Hall–Kier alpha value is -1.63. The molecule has 1 saturated carbocycles. The van der Waals surface area contributed by atoms with Crippen molar-refractivity contribution in [3.8, 4) is 11.4 Å². The molecule has 1 saturated heterocycles. The number of piperidine rings is 1. The zero-order valence-electron chi connectivity index (χ0n) is 14.3. The molecule has 1 aromatic heterocycles. The highest BCUT2D eigenvalue weighted by Gasteiger charge is 2.31. The number of rotatable bonds is 5. The second-order valence-electron chi connectivity index (χ2n) is 6.99. The monoisotopic (exact) mass is 394 g/mol. The van der Waals surface area contributed by atoms with E-state index in [1.165, 1.54) is 0 Å². The van der Waals surface area contributed by atoms with E-state index in [9.17, 15) is 4.79 Å². The maximum atomic E-state index is 12.3. The molecule has 2 aromatic rings. The van der Waals surface area contributed by atoms with Crippen LogP contribution < -0.4 is 5.32 Å². The van der Waals surface area contributed by atoms with E-state index in [1.54, 1.807) is 18.2 Å². The van der Waals surface area contributed by atoms with E-state index >= 15 is 0 Å². The van der Waals surface area contributed by atoms with Gasteiger partial charge in [-0.2, -0.15) is 4.98 Å². The van der Waals surface area contributed by atoms with Gasteiger partial charge in [-0.15, -0.1) is 0 Å². The van der Waals surface area contributed by atoms with Crippen LogP contribution in [-0.2, 0) is 11.3 Å². The number of benzene rings is 1. The summed E-state index contributed by atoms with van der Waals surface area (Å²) in [5.41, 5.74) is 0.686. The highest BCUT2D eigenvalue weighted by atomic mass is 35.5. The molecule has 1 aromatic carbocycles. The summed E-state index contributed by atoms with van der Waals surface area (Å²) in [7, 11) is 0. The van der Waals surface area contributed by atoms with Crippen molar-refractivity contribution in [3.05, 3.63) is 34.1 Å². The van der Waals surface area contributed by atoms with Crippen molar-refractivity contribution in [2.24, 2.45) is 5.92 Å². The first-order valence-electron chi connectivity index (χ1n) is 8.89. The largest absolute Gasteiger partial charge is 0.353 e. The molecule has 0 spiro atoms. The van der Waals surface area contributed by atoms with Gasteiger partial charge in [-0.25, -0.2) is 0 Å². The van der Waals surface area contributed by atoms with Crippen LogP contribution in [0, 0.1) is 5.92 Å². The van der Waals surface area contributed by atoms with Crippen molar-refractivity contribution in [3.63, 3.8) is 0 Å². The SMILES string of the molecule is O=C(NC1CC1)C1CCCN(Cc2nc(-c3ccc(Cl)cc3Cl)no2)C1. The van der Waals surface area contributed by atoms with Crippen LogP contribution in [-0.4, -0.2) is 40.1 Å². The average Bonchev–Trinajstić information content (AvgIpc) is 3.31. The van der Waals surface area contributed by atoms with Crippen LogP contribution in [0.3, 0.4) is 0 Å². The normalized spacial score (nSPS) is 20.9. The van der Waals surface area contributed by atoms with E-state index in [0.717, 1.165) is 38.8 Å². The summed E-state index contributed by atoms with van der Waals surface area (Å²) in [6.45, 7) is 2.18. The highest BCUT2D eigenvalue weighted by Crippen LogP contribution is 2.29. The minimum Gasteiger partial charge on any atom is -0.353 e. The summed E-state index contributed by atoms with van der Waals surface area (Å²) in [4.78, 5) is 18.9. The summed E-state index contributed by atoms with van der Waals surface area (Å²) in [5, 5.41) is 8.17. The van der Waals surface area contributed by atoms with Gasteiger partial charge in [0.1, 0.15) is 0 Å². The number of carbonyl (C=O) groups excluding carboxylic acids is 1. The predicted molar refractivity (Wildman–Crippen MR) is 98.9 cm³/mol. The van der Waals surface area contributed by atoms with E-state index in [4.69, 9.17) is 27.7 Å². The lowest BCUT2D eigenvalue weighted by atomic mass is 9.97. The number of hydrogen-bond donors (Lipinski definition) is 1. The Kier molecular flexibility index (Phi) is 5.16. The highest BCUT2D eigenvalue weighted by molar-refractivity contribution is 6.36. The third kappa shape index (κ3) is 4.19. The first-order chi connectivity index (χ1) is 12.6. The van der Waals surface area contributed by atoms with Crippen LogP contribution in [0.25, 0.3) is 11.4 Å². The zero-order chi connectivity index (χ0) is 18.1. The standard InChI is InChI=1S/C18H20Cl2N4O2/c19-12-3-6-14(15(20)8-12)17-22-16(26-23-17)10-24-7-1-2-11(9-24)18(25)21-13-4-5-13/h3,6,8,11,13H,1-2,4-5,7,9-10H2,(H,21,25). The number of likely N-dealkylation sites (tertiary alicyclic amines) is 1. The lowest BCUT2D eigenvalue weighted by Crippen LogP contribution is -2.43. The third-order valence-electron chi connectivity index (χ3n) is 4.80. The lowest BCUT2D eigenvalue weighted by molar-refractivity contribution is -0.127. The molecule has 1 aliphatic carbocycles. The van der Waals surface area contributed by atoms with E-state index in [-0.39, 0.29) is 11.8 Å². The number of hydrogen-bond acceptors (Lipinski definition) is 5. The van der Waals surface area contributed by atoms with Gasteiger partial charge >= 0.3 is 0 Å². The molecule has 2 fully saturated rings. The summed E-state index contributed by atoms with van der Waals surface area (Å²) in [6, 6.07) is 5.58. The number of amides is 1. The van der Waals surface area contributed by atoms with Crippen molar-refractivity contribution in [2.75, 3.05) is 13.1 Å². The van der Waals surface area contributed by atoms with Gasteiger partial charge in [-0.3, -0.25) is 9.69 Å². The third-order valence-corrected chi connectivity index (χ3v) is 5.35. The molecule has 1 N–H and O–H groups in total. The Bertz CT molecular complexity index is 806. The van der Waals surface area contributed by atoms with Crippen LogP contribution >= 0.6 is 23.2 Å². The molecular formula is C18H20Cl2N4O2. The van der Waals surface area contributed by atoms with Crippen molar-refractivity contribution < 1.29 is 9.32 Å². The first kappa shape index (κ1) is 17.8. The molecule has 8 heteroatoms. The van der Waals surface area contributed by atoms with Gasteiger partial charge in [0, 0.05) is 23.2 Å². The summed E-state index contributed by atoms with van der Waals surface area (Å²) < 4.78 is 5.38. The fourth-order valence-corrected chi connectivity index (χ4v) is 3.74. The van der Waals surface area contributed by atoms with Gasteiger partial charge in [0.2, 0.25) is 17.6 Å². The molecule has 4 rings (SSSR count). The number of nitrogens with one attached hydrogen (secondary N) is 1. The lowest BCUT2D eigenvalue weighted by Gasteiger charge is -2.30. The van der Waals surface area contributed by atoms with E-state index in [1.807, 2.05) is 0 Å². The molecule has 0 bridgehead atoms. The molecular weight excluding hydrogens is 375 g/mol. The summed E-state index contributed by atoms with van der Waals surface area (Å²) in [5.74, 6) is 1.18. The number of carbonyl (C=O) groups is 1. The second-order valence-corrected chi connectivity index (χ2v) is 7.84. The van der Waals surface area contributed by atoms with Crippen LogP contribution in [0.4, 0.5) is 0 Å². The Labute approximate surface area is 161 Å². The molecule has 1 atom stereocenters. The maximum absolute atomic E-state index is 12.3. The van der Waals surface area contributed by atoms with E-state index in [0.29, 0.717) is 39.9 Å². The minimum absolute atomic E-state index is 0.0393. The smallest absolute Gasteiger partial charge is 0.241 e. The molecule has 2 heterocycles. The van der Waals surface area contributed by atoms with Crippen molar-refractivity contribution in [1.29, 1.82) is 0 Å². The second kappa shape index (κ2) is 7.55. The molecule has 0 radical (unpaired) electrons. The zero-order valence-corrected chi connectivity index (χ0v) is 15.8. The van der Waals surface area contributed by atoms with Crippen LogP contribution in [0.15, 0.2) is 22.7 Å². The molecule has 1 unspecified atom stereocenters. The van der Waals surface area contributed by atoms with Gasteiger partial charge < -0.3 is 9.84 Å². The number of aromatic nitrogens is 2. The van der Waals surface area contributed by atoms with Crippen molar-refractivity contribution in [1.82, 2.24) is 20.4 Å². The fraction of sp³-hybridized carbons (Fsp3) is 0.500. The fourth-order valence-electron chi connectivity index (χ4n) is 3.25. The number of halogens is 2. The molecule has 1 amide bonds. The Morgan fingerprint density at radius 2 is 2.15 bits per heavy atom. The van der Waals surface area contributed by atoms with Gasteiger partial charge in [-0.05, 0) is 50.4 Å². The maximum Gasteiger partial charge on any atom is 0.241 e. The van der Waals surface area contributed by atoms with Gasteiger partial charge in [0.05, 0.1) is 17.5 Å². The van der Waals surface area contributed by atoms with E-state index in [2.05, 4.69) is 20.4 Å². The predicted octanol–water partition coefficient (Wildman–Crippen LogP) is 3.53. The molecule has 26 heavy (non-hydrogen) atoms. The van der Waals surface area contributed by atoms with Gasteiger partial charge in [-0.1, -0.05) is 28.4 Å². The Balaban J connectivity index is 1.39. The van der Waals surface area contributed by atoms with Gasteiger partial charge in [0.25, 0.3) is 0 Å². The van der Waals surface area contributed by atoms with Crippen LogP contribution in [0.2, 0.25) is 10.0 Å². The molecule has 2 aliphatic rings. The van der Waals surface area contributed by atoms with Gasteiger partial charge in [0.15, 0.2) is 0 Å². The number of nitrogens with zero attached hydrogens (tertiary/aromatic N) is 3. The van der Waals surface area contributed by atoms with Crippen LogP contribution in [0.5, 0.6) is 0 Å². The van der Waals surface area contributed by atoms with Crippen LogP contribution in [0.1, 0.15) is 31.6 Å². The molecule has 1 aliphatic heterocycles. The Morgan fingerprint density at radius 3 is 2.92 bits per heavy atom. The van der Waals surface area contributed by atoms with E-state index < -0.39 is 0 Å². The average molecular weight is 395 g/mol. The summed E-state index contributed by atoms with van der Waals surface area (Å²) in [6.07, 6.45) is 4.15. The summed E-state index contributed by atoms with van der Waals surface area (Å²) >= 11 is 12.1. The molecule has 138 valence electrons. The van der Waals surface area contributed by atoms with Crippen molar-refractivity contribution >= 4 is 29.1 Å². The topological polar surface area (TPSA) is 71.3 Å². The van der Waals surface area contributed by atoms with Crippen molar-refractivity contribution in [2.45, 2.75) is 38.3 Å². The Morgan fingerprint density at radius 1 is 1.31 bits per heavy atom. The minimum atomic E-state index is 0.0393. The molecule has 6 nitrogen and oxygen atoms in total.